The number of aliphatic hydroxyl groups excluding tert-OH is 1. The maximum Gasteiger partial charge on any atom is 0.119 e. The number of aliphatic hydroxyl groups is 1. The number of methoxy groups -OCH3 is 1. The van der Waals surface area contributed by atoms with Crippen LogP contribution in [0.5, 0.6) is 5.75 Å². The minimum atomic E-state index is -0.528. The molecule has 1 aromatic heterocycles. The van der Waals surface area contributed by atoms with E-state index in [1.807, 2.05) is 36.7 Å². The van der Waals surface area contributed by atoms with Gasteiger partial charge in [-0.05, 0) is 24.7 Å². The van der Waals surface area contributed by atoms with Crippen molar-refractivity contribution in [3.8, 4) is 5.75 Å². The Morgan fingerprint density at radius 3 is 3.00 bits per heavy atom. The maximum atomic E-state index is 10.2. The molecule has 0 spiro atoms. The van der Waals surface area contributed by atoms with Gasteiger partial charge in [0.05, 0.1) is 19.8 Å². The normalized spacial score (nSPS) is 12.6. The molecule has 0 aliphatic heterocycles. The summed E-state index contributed by atoms with van der Waals surface area (Å²) in [6, 6.07) is 7.53. The Bertz CT molecular complexity index is 502. The summed E-state index contributed by atoms with van der Waals surface area (Å²) in [6.07, 6.45) is 1.27. The van der Waals surface area contributed by atoms with Crippen molar-refractivity contribution in [2.24, 2.45) is 0 Å². The van der Waals surface area contributed by atoms with E-state index in [9.17, 15) is 5.11 Å². The fraction of sp³-hybridized carbons (Fsp3) is 0.357. The lowest BCUT2D eigenvalue weighted by Gasteiger charge is -2.20. The standard InChI is InChI=1S/C14H18N2O2S/c1-16(10-14-15-6-7-19-14)9-13(17)11-4-3-5-12(8-11)18-2/h3-8,13,17H,9-10H2,1-2H3. The highest BCUT2D eigenvalue weighted by Gasteiger charge is 2.12. The molecule has 0 fully saturated rings. The molecule has 0 aliphatic carbocycles. The molecule has 1 N–H and O–H groups in total. The zero-order valence-electron chi connectivity index (χ0n) is 11.1. The number of likely N-dealkylation sites (N-methyl/N-ethyl adjacent to an activating group) is 1. The third kappa shape index (κ3) is 4.02. The van der Waals surface area contributed by atoms with Gasteiger partial charge >= 0.3 is 0 Å². The molecular weight excluding hydrogens is 260 g/mol. The number of thiazole rings is 1. The molecule has 0 aliphatic rings. The third-order valence-corrected chi connectivity index (χ3v) is 3.62. The SMILES string of the molecule is COc1cccc(C(O)CN(C)Cc2nccs2)c1. The van der Waals surface area contributed by atoms with E-state index in [1.165, 1.54) is 0 Å². The molecule has 1 heterocycles. The molecule has 102 valence electrons. The highest BCUT2D eigenvalue weighted by molar-refractivity contribution is 7.09. The Balaban J connectivity index is 1.94. The van der Waals surface area contributed by atoms with E-state index in [4.69, 9.17) is 4.74 Å². The van der Waals surface area contributed by atoms with Crippen molar-refractivity contribution in [3.63, 3.8) is 0 Å². The minimum Gasteiger partial charge on any atom is -0.497 e. The number of hydrogen-bond donors (Lipinski definition) is 1. The van der Waals surface area contributed by atoms with Crippen molar-refractivity contribution in [2.75, 3.05) is 20.7 Å². The summed E-state index contributed by atoms with van der Waals surface area (Å²) in [4.78, 5) is 6.30. The summed E-state index contributed by atoms with van der Waals surface area (Å²) in [5.41, 5.74) is 0.866. The van der Waals surface area contributed by atoms with Crippen molar-refractivity contribution in [1.82, 2.24) is 9.88 Å². The van der Waals surface area contributed by atoms with Crippen molar-refractivity contribution < 1.29 is 9.84 Å². The van der Waals surface area contributed by atoms with Gasteiger partial charge in [0, 0.05) is 18.1 Å². The van der Waals surface area contributed by atoms with Gasteiger partial charge in [0.1, 0.15) is 10.8 Å². The van der Waals surface area contributed by atoms with Crippen LogP contribution in [0.2, 0.25) is 0 Å². The van der Waals surface area contributed by atoms with Crippen LogP contribution >= 0.6 is 11.3 Å². The molecule has 1 aromatic carbocycles. The van der Waals surface area contributed by atoms with Crippen LogP contribution in [0.3, 0.4) is 0 Å². The van der Waals surface area contributed by atoms with Gasteiger partial charge in [-0.2, -0.15) is 0 Å². The predicted molar refractivity (Wildman–Crippen MR) is 76.4 cm³/mol. The Hall–Kier alpha value is -1.43. The smallest absolute Gasteiger partial charge is 0.119 e. The second kappa shape index (κ2) is 6.65. The van der Waals surface area contributed by atoms with Gasteiger partial charge in [0.15, 0.2) is 0 Å². The van der Waals surface area contributed by atoms with Crippen LogP contribution in [0.25, 0.3) is 0 Å². The van der Waals surface area contributed by atoms with Crippen LogP contribution < -0.4 is 4.74 Å². The number of nitrogens with zero attached hydrogens (tertiary/aromatic N) is 2. The van der Waals surface area contributed by atoms with Crippen LogP contribution in [-0.4, -0.2) is 35.7 Å². The Labute approximate surface area is 117 Å². The van der Waals surface area contributed by atoms with Gasteiger partial charge in [0.25, 0.3) is 0 Å². The van der Waals surface area contributed by atoms with Crippen molar-refractivity contribution in [2.45, 2.75) is 12.6 Å². The van der Waals surface area contributed by atoms with Crippen molar-refractivity contribution >= 4 is 11.3 Å². The molecule has 0 bridgehead atoms. The average Bonchev–Trinajstić information content (AvgIpc) is 2.91. The quantitative estimate of drug-likeness (QED) is 0.881. The first-order valence-electron chi connectivity index (χ1n) is 6.08. The highest BCUT2D eigenvalue weighted by Crippen LogP contribution is 2.20. The van der Waals surface area contributed by atoms with Crippen LogP contribution in [0, 0.1) is 0 Å². The van der Waals surface area contributed by atoms with Crippen LogP contribution in [0.4, 0.5) is 0 Å². The second-order valence-corrected chi connectivity index (χ2v) is 5.39. The summed E-state index contributed by atoms with van der Waals surface area (Å²) in [7, 11) is 3.60. The Kier molecular flexibility index (Phi) is 4.90. The number of aromatic nitrogens is 1. The van der Waals surface area contributed by atoms with E-state index in [-0.39, 0.29) is 0 Å². The number of rotatable bonds is 6. The van der Waals surface area contributed by atoms with Gasteiger partial charge < -0.3 is 9.84 Å². The van der Waals surface area contributed by atoms with Gasteiger partial charge in [-0.15, -0.1) is 11.3 Å². The number of ether oxygens (including phenoxy) is 1. The van der Waals surface area contributed by atoms with Crippen LogP contribution in [0.15, 0.2) is 35.8 Å². The molecule has 2 aromatic rings. The lowest BCUT2D eigenvalue weighted by atomic mass is 10.1. The average molecular weight is 278 g/mol. The Morgan fingerprint density at radius 1 is 1.47 bits per heavy atom. The van der Waals surface area contributed by atoms with E-state index in [0.717, 1.165) is 22.9 Å². The fourth-order valence-electron chi connectivity index (χ4n) is 1.88. The van der Waals surface area contributed by atoms with Crippen molar-refractivity contribution in [1.29, 1.82) is 0 Å². The summed E-state index contributed by atoms with van der Waals surface area (Å²) in [6.45, 7) is 1.31. The molecular formula is C14H18N2O2S. The molecule has 19 heavy (non-hydrogen) atoms. The first-order chi connectivity index (χ1) is 9.19. The first kappa shape index (κ1) is 14.0. The maximum absolute atomic E-state index is 10.2. The molecule has 0 radical (unpaired) electrons. The molecule has 2 rings (SSSR count). The second-order valence-electron chi connectivity index (χ2n) is 4.42. The molecule has 5 heteroatoms. The van der Waals surface area contributed by atoms with Gasteiger partial charge in [-0.1, -0.05) is 12.1 Å². The lowest BCUT2D eigenvalue weighted by molar-refractivity contribution is 0.123. The van der Waals surface area contributed by atoms with Gasteiger partial charge in [-0.3, -0.25) is 4.90 Å². The Morgan fingerprint density at radius 2 is 2.32 bits per heavy atom. The summed E-state index contributed by atoms with van der Waals surface area (Å²) < 4.78 is 5.16. The van der Waals surface area contributed by atoms with E-state index >= 15 is 0 Å². The first-order valence-corrected chi connectivity index (χ1v) is 6.96. The predicted octanol–water partition coefficient (Wildman–Crippen LogP) is 2.32. The molecule has 0 saturated carbocycles. The number of hydrogen-bond acceptors (Lipinski definition) is 5. The molecule has 0 amide bonds. The monoisotopic (exact) mass is 278 g/mol. The molecule has 1 unspecified atom stereocenters. The lowest BCUT2D eigenvalue weighted by Crippen LogP contribution is -2.24. The highest BCUT2D eigenvalue weighted by atomic mass is 32.1. The van der Waals surface area contributed by atoms with Crippen LogP contribution in [-0.2, 0) is 6.54 Å². The van der Waals surface area contributed by atoms with E-state index in [1.54, 1.807) is 24.6 Å². The minimum absolute atomic E-state index is 0.528. The summed E-state index contributed by atoms with van der Waals surface area (Å²) in [5.74, 6) is 0.763. The third-order valence-electron chi connectivity index (χ3n) is 2.85. The van der Waals surface area contributed by atoms with E-state index < -0.39 is 6.10 Å². The van der Waals surface area contributed by atoms with E-state index in [0.29, 0.717) is 6.54 Å². The van der Waals surface area contributed by atoms with Crippen molar-refractivity contribution in [3.05, 3.63) is 46.4 Å². The zero-order valence-corrected chi connectivity index (χ0v) is 11.9. The zero-order chi connectivity index (χ0) is 13.7. The van der Waals surface area contributed by atoms with Gasteiger partial charge in [-0.25, -0.2) is 4.98 Å². The number of benzene rings is 1. The molecule has 4 nitrogen and oxygen atoms in total. The summed E-state index contributed by atoms with van der Waals surface area (Å²) in [5, 5.41) is 13.2. The summed E-state index contributed by atoms with van der Waals surface area (Å²) >= 11 is 1.63. The largest absolute Gasteiger partial charge is 0.497 e. The van der Waals surface area contributed by atoms with Gasteiger partial charge in [0.2, 0.25) is 0 Å². The molecule has 0 saturated heterocycles. The molecule has 1 atom stereocenters. The topological polar surface area (TPSA) is 45.6 Å². The van der Waals surface area contributed by atoms with Crippen LogP contribution in [0.1, 0.15) is 16.7 Å². The van der Waals surface area contributed by atoms with E-state index in [2.05, 4.69) is 9.88 Å². The fourth-order valence-corrected chi connectivity index (χ4v) is 2.57.